The summed E-state index contributed by atoms with van der Waals surface area (Å²) in [5.41, 5.74) is 0. The molecule has 2 nitrogen and oxygen atoms in total. The Hall–Kier alpha value is 0.0274. The topological polar surface area (TPSA) is 26.3 Å². The SMILES string of the molecule is COC(=O)/C=C/[CH-]SC.[Li+]. The van der Waals surface area contributed by atoms with Crippen molar-refractivity contribution in [2.45, 2.75) is 0 Å². The van der Waals surface area contributed by atoms with Crippen LogP contribution in [0.25, 0.3) is 0 Å². The van der Waals surface area contributed by atoms with Gasteiger partial charge >= 0.3 is 18.9 Å². The van der Waals surface area contributed by atoms with Crippen molar-refractivity contribution in [3.63, 3.8) is 0 Å². The molecule has 0 aromatic carbocycles. The monoisotopic (exact) mass is 152 g/mol. The molecule has 0 fully saturated rings. The zero-order chi connectivity index (χ0) is 7.11. The second-order valence-corrected chi connectivity index (χ2v) is 2.00. The van der Waals surface area contributed by atoms with E-state index in [0.717, 1.165) is 0 Å². The molecule has 0 aliphatic heterocycles. The molecule has 0 aliphatic carbocycles. The van der Waals surface area contributed by atoms with Crippen molar-refractivity contribution in [2.75, 3.05) is 13.4 Å². The fraction of sp³-hybridized carbons (Fsp3) is 0.333. The van der Waals surface area contributed by atoms with E-state index in [0.29, 0.717) is 0 Å². The summed E-state index contributed by atoms with van der Waals surface area (Å²) in [5, 5.41) is 0. The summed E-state index contributed by atoms with van der Waals surface area (Å²) < 4.78 is 4.34. The molecule has 0 spiro atoms. The fourth-order valence-electron chi connectivity index (χ4n) is 0.264. The molecule has 0 rings (SSSR count). The van der Waals surface area contributed by atoms with E-state index in [1.54, 1.807) is 11.8 Å². The summed E-state index contributed by atoms with van der Waals surface area (Å²) in [6.45, 7) is 0. The van der Waals surface area contributed by atoms with E-state index in [1.807, 2.05) is 6.26 Å². The number of ether oxygens (including phenoxy) is 1. The van der Waals surface area contributed by atoms with Crippen molar-refractivity contribution in [2.24, 2.45) is 0 Å². The van der Waals surface area contributed by atoms with Crippen molar-refractivity contribution in [1.29, 1.82) is 0 Å². The second-order valence-electron chi connectivity index (χ2n) is 1.25. The van der Waals surface area contributed by atoms with Gasteiger partial charge in [-0.1, -0.05) is 0 Å². The molecule has 52 valence electrons. The number of carbonyl (C=O) groups is 1. The predicted molar refractivity (Wildman–Crippen MR) is 39.0 cm³/mol. The number of esters is 1. The molecule has 0 atom stereocenters. The van der Waals surface area contributed by atoms with Gasteiger partial charge in [0.1, 0.15) is 0 Å². The van der Waals surface area contributed by atoms with Crippen LogP contribution >= 0.6 is 11.8 Å². The average Bonchev–Trinajstić information content (AvgIpc) is 1.89. The zero-order valence-corrected chi connectivity index (χ0v) is 7.27. The molecule has 0 N–H and O–H groups in total. The Bertz CT molecular complexity index is 114. The molecular weight excluding hydrogens is 143 g/mol. The van der Waals surface area contributed by atoms with Crippen molar-refractivity contribution in [3.05, 3.63) is 17.9 Å². The van der Waals surface area contributed by atoms with Gasteiger partial charge in [0.15, 0.2) is 0 Å². The summed E-state index contributed by atoms with van der Waals surface area (Å²) in [4.78, 5) is 10.3. The molecule has 0 amide bonds. The van der Waals surface area contributed by atoms with Crippen LogP contribution in [0, 0.1) is 5.75 Å². The van der Waals surface area contributed by atoms with Crippen LogP contribution in [0.5, 0.6) is 0 Å². The second kappa shape index (κ2) is 9.03. The summed E-state index contributed by atoms with van der Waals surface area (Å²) in [5.74, 6) is 1.48. The maximum absolute atomic E-state index is 10.3. The first-order valence-electron chi connectivity index (χ1n) is 2.42. The minimum absolute atomic E-state index is 0. The maximum atomic E-state index is 10.3. The molecule has 0 bridgehead atoms. The summed E-state index contributed by atoms with van der Waals surface area (Å²) in [7, 11) is 1.35. The Morgan fingerprint density at radius 2 is 2.30 bits per heavy atom. The Kier molecular flexibility index (Phi) is 11.4. The molecule has 0 aliphatic rings. The third-order valence-electron chi connectivity index (χ3n) is 0.648. The van der Waals surface area contributed by atoms with E-state index in [4.69, 9.17) is 0 Å². The molecule has 0 saturated heterocycles. The van der Waals surface area contributed by atoms with E-state index in [9.17, 15) is 4.79 Å². The van der Waals surface area contributed by atoms with E-state index in [-0.39, 0.29) is 24.8 Å². The van der Waals surface area contributed by atoms with Gasteiger partial charge in [-0.05, 0) is 6.26 Å². The number of methoxy groups -OCH3 is 1. The van der Waals surface area contributed by atoms with Crippen LogP contribution in [-0.4, -0.2) is 19.3 Å². The Morgan fingerprint density at radius 1 is 1.70 bits per heavy atom. The fourth-order valence-corrected chi connectivity index (χ4v) is 0.500. The van der Waals surface area contributed by atoms with Gasteiger partial charge in [0, 0.05) is 0 Å². The van der Waals surface area contributed by atoms with Crippen LogP contribution in [0.15, 0.2) is 12.2 Å². The van der Waals surface area contributed by atoms with Crippen LogP contribution < -0.4 is 18.9 Å². The Morgan fingerprint density at radius 3 is 2.70 bits per heavy atom. The molecule has 0 radical (unpaired) electrons. The Balaban J connectivity index is 0. The number of thioether (sulfide) groups is 1. The van der Waals surface area contributed by atoms with Crippen molar-refractivity contribution in [1.82, 2.24) is 0 Å². The first-order chi connectivity index (χ1) is 4.31. The number of rotatable bonds is 3. The number of hydrogen-bond donors (Lipinski definition) is 0. The number of hydrogen-bond acceptors (Lipinski definition) is 3. The van der Waals surface area contributed by atoms with E-state index in [2.05, 4.69) is 4.74 Å². The Labute approximate surface area is 77.6 Å². The molecule has 0 unspecified atom stereocenters. The smallest absolute Gasteiger partial charge is 0.479 e. The van der Waals surface area contributed by atoms with Gasteiger partial charge in [-0.15, -0.1) is 6.08 Å². The van der Waals surface area contributed by atoms with E-state index >= 15 is 0 Å². The van der Waals surface area contributed by atoms with E-state index < -0.39 is 0 Å². The molecule has 0 aromatic heterocycles. The largest absolute Gasteiger partial charge is 1.00 e. The summed E-state index contributed by atoms with van der Waals surface area (Å²) >= 11 is 1.53. The van der Waals surface area contributed by atoms with Gasteiger partial charge in [0.05, 0.1) is 7.11 Å². The quantitative estimate of drug-likeness (QED) is 0.207. The molecule has 10 heavy (non-hydrogen) atoms. The van der Waals surface area contributed by atoms with Crippen LogP contribution in [0.3, 0.4) is 0 Å². The van der Waals surface area contributed by atoms with E-state index in [1.165, 1.54) is 24.9 Å². The van der Waals surface area contributed by atoms with Gasteiger partial charge in [-0.25, -0.2) is 17.8 Å². The van der Waals surface area contributed by atoms with Crippen molar-refractivity contribution in [3.8, 4) is 0 Å². The third-order valence-corrected chi connectivity index (χ3v) is 1.08. The summed E-state index contributed by atoms with van der Waals surface area (Å²) in [6.07, 6.45) is 4.94. The minimum atomic E-state index is -0.319. The van der Waals surface area contributed by atoms with Gasteiger partial charge in [0.25, 0.3) is 0 Å². The number of carbonyl (C=O) groups excluding carboxylic acids is 1. The molecule has 0 saturated carbocycles. The van der Waals surface area contributed by atoms with Crippen molar-refractivity contribution < 1.29 is 28.4 Å². The normalized spacial score (nSPS) is 8.60. The molecular formula is C6H9LiO2S. The average molecular weight is 152 g/mol. The zero-order valence-electron chi connectivity index (χ0n) is 6.46. The van der Waals surface area contributed by atoms with Gasteiger partial charge in [-0.2, -0.15) is 5.75 Å². The first kappa shape index (κ1) is 12.7. The molecule has 4 heteroatoms. The van der Waals surface area contributed by atoms with Gasteiger partial charge in [-0.3, -0.25) is 4.79 Å². The third kappa shape index (κ3) is 8.03. The standard InChI is InChI=1S/C6H9O2S.Li/c1-8-6(7)4-3-5-9-2;/h3-5H,1-2H3;/q-1;+1/b4-3+;. The molecule has 0 heterocycles. The van der Waals surface area contributed by atoms with Crippen LogP contribution in [0.2, 0.25) is 0 Å². The van der Waals surface area contributed by atoms with Crippen molar-refractivity contribution >= 4 is 17.7 Å². The summed E-state index contributed by atoms with van der Waals surface area (Å²) in [6, 6.07) is 0. The van der Waals surface area contributed by atoms with Crippen LogP contribution in [-0.2, 0) is 9.53 Å². The first-order valence-corrected chi connectivity index (χ1v) is 3.70. The van der Waals surface area contributed by atoms with Crippen LogP contribution in [0.4, 0.5) is 0 Å². The van der Waals surface area contributed by atoms with Gasteiger partial charge < -0.3 is 4.74 Å². The minimum Gasteiger partial charge on any atom is -0.479 e. The molecule has 0 aromatic rings. The van der Waals surface area contributed by atoms with Crippen LogP contribution in [0.1, 0.15) is 0 Å². The predicted octanol–water partition coefficient (Wildman–Crippen LogP) is -1.76. The van der Waals surface area contributed by atoms with Gasteiger partial charge in [0.2, 0.25) is 5.97 Å². The maximum Gasteiger partial charge on any atom is 1.00 e.